The second-order valence-corrected chi connectivity index (χ2v) is 5.68. The monoisotopic (exact) mass is 286 g/mol. The van der Waals surface area contributed by atoms with Crippen LogP contribution in [0, 0.1) is 0 Å². The fraction of sp³-hybridized carbons (Fsp3) is 0.417. The van der Waals surface area contributed by atoms with Gasteiger partial charge in [-0.2, -0.15) is 0 Å². The molecular weight excluding hydrogens is 268 g/mol. The van der Waals surface area contributed by atoms with Gasteiger partial charge in [-0.05, 0) is 33.0 Å². The summed E-state index contributed by atoms with van der Waals surface area (Å²) in [5.74, 6) is -0.431. The minimum Gasteiger partial charge on any atom is -0.464 e. The Labute approximate surface area is 113 Å². The summed E-state index contributed by atoms with van der Waals surface area (Å²) in [5.41, 5.74) is 0.359. The minimum atomic E-state index is -3.58. The Bertz CT molecular complexity index is 542. The van der Waals surface area contributed by atoms with Crippen molar-refractivity contribution < 1.29 is 17.9 Å². The molecule has 0 radical (unpaired) electrons. The first-order valence-corrected chi connectivity index (χ1v) is 7.36. The average Bonchev–Trinajstić information content (AvgIpc) is 2.39. The van der Waals surface area contributed by atoms with Gasteiger partial charge in [0.2, 0.25) is 10.0 Å². The molecule has 0 aliphatic carbocycles. The predicted octanol–water partition coefficient (Wildman–Crippen LogP) is 0.958. The number of anilines is 1. The zero-order valence-corrected chi connectivity index (χ0v) is 12.0. The molecule has 0 aromatic heterocycles. The van der Waals surface area contributed by atoms with Crippen molar-refractivity contribution in [2.24, 2.45) is 0 Å². The van der Waals surface area contributed by atoms with E-state index in [0.29, 0.717) is 5.69 Å². The third-order valence-corrected chi connectivity index (χ3v) is 3.93. The van der Waals surface area contributed by atoms with Crippen molar-refractivity contribution in [3.05, 3.63) is 24.3 Å². The van der Waals surface area contributed by atoms with E-state index in [1.165, 1.54) is 13.1 Å². The molecule has 0 bridgehead atoms. The van der Waals surface area contributed by atoms with E-state index in [9.17, 15) is 13.2 Å². The Morgan fingerprint density at radius 2 is 2.00 bits per heavy atom. The molecule has 19 heavy (non-hydrogen) atoms. The summed E-state index contributed by atoms with van der Waals surface area (Å²) < 4.78 is 30.8. The van der Waals surface area contributed by atoms with Crippen molar-refractivity contribution in [3.63, 3.8) is 0 Å². The molecule has 106 valence electrons. The average molecular weight is 286 g/mol. The fourth-order valence-corrected chi connectivity index (χ4v) is 2.38. The molecule has 0 saturated heterocycles. The summed E-state index contributed by atoms with van der Waals surface area (Å²) in [4.78, 5) is 11.6. The number of sulfonamides is 1. The molecule has 1 rings (SSSR count). The Kier molecular flexibility index (Phi) is 5.31. The highest BCUT2D eigenvalue weighted by Gasteiger charge is 2.20. The summed E-state index contributed by atoms with van der Waals surface area (Å²) in [7, 11) is -2.24. The van der Waals surface area contributed by atoms with E-state index >= 15 is 0 Å². The molecule has 0 aliphatic heterocycles. The molecule has 1 unspecified atom stereocenters. The van der Waals surface area contributed by atoms with Crippen molar-refractivity contribution in [1.82, 2.24) is 4.72 Å². The number of carbonyl (C=O) groups is 1. The fourth-order valence-electron chi connectivity index (χ4n) is 1.49. The first-order chi connectivity index (χ1) is 8.92. The summed E-state index contributed by atoms with van der Waals surface area (Å²) >= 11 is 0. The number of nitrogens with one attached hydrogen (secondary N) is 2. The molecule has 0 spiro atoms. The SMILES string of the molecule is CCOC(=O)C(C)Nc1ccccc1S(=O)(=O)NC. The highest BCUT2D eigenvalue weighted by Crippen LogP contribution is 2.21. The Hall–Kier alpha value is -1.60. The second-order valence-electron chi connectivity index (χ2n) is 3.82. The number of rotatable bonds is 6. The lowest BCUT2D eigenvalue weighted by atomic mass is 10.2. The van der Waals surface area contributed by atoms with Crippen molar-refractivity contribution in [2.45, 2.75) is 24.8 Å². The lowest BCUT2D eigenvalue weighted by molar-refractivity contribution is -0.143. The van der Waals surface area contributed by atoms with Gasteiger partial charge in [-0.1, -0.05) is 12.1 Å². The van der Waals surface area contributed by atoms with Gasteiger partial charge in [-0.3, -0.25) is 0 Å². The number of esters is 1. The van der Waals surface area contributed by atoms with Gasteiger partial charge in [-0.25, -0.2) is 17.9 Å². The normalized spacial score (nSPS) is 12.8. The first kappa shape index (κ1) is 15.5. The van der Waals surface area contributed by atoms with E-state index in [1.807, 2.05) is 0 Å². The van der Waals surface area contributed by atoms with Gasteiger partial charge < -0.3 is 10.1 Å². The third kappa shape index (κ3) is 3.93. The van der Waals surface area contributed by atoms with Crippen LogP contribution < -0.4 is 10.0 Å². The summed E-state index contributed by atoms with van der Waals surface area (Å²) in [5, 5.41) is 2.84. The highest BCUT2D eigenvalue weighted by atomic mass is 32.2. The first-order valence-electron chi connectivity index (χ1n) is 5.88. The Morgan fingerprint density at radius 1 is 1.37 bits per heavy atom. The van der Waals surface area contributed by atoms with Gasteiger partial charge in [0.15, 0.2) is 0 Å². The van der Waals surface area contributed by atoms with Gasteiger partial charge >= 0.3 is 5.97 Å². The van der Waals surface area contributed by atoms with Crippen LogP contribution in [0.2, 0.25) is 0 Å². The number of para-hydroxylation sites is 1. The van der Waals surface area contributed by atoms with Crippen LogP contribution in [-0.4, -0.2) is 34.1 Å². The molecule has 7 heteroatoms. The largest absolute Gasteiger partial charge is 0.464 e. The Morgan fingerprint density at radius 3 is 2.58 bits per heavy atom. The summed E-state index contributed by atoms with van der Waals surface area (Å²) in [6.45, 7) is 3.60. The van der Waals surface area contributed by atoms with Crippen molar-refractivity contribution in [2.75, 3.05) is 19.0 Å². The van der Waals surface area contributed by atoms with E-state index in [1.54, 1.807) is 32.0 Å². The molecule has 1 atom stereocenters. The second kappa shape index (κ2) is 6.53. The van der Waals surface area contributed by atoms with E-state index in [4.69, 9.17) is 4.74 Å². The quantitative estimate of drug-likeness (QED) is 0.761. The molecule has 0 aliphatic rings. The van der Waals surface area contributed by atoms with Gasteiger partial charge in [0.05, 0.1) is 12.3 Å². The van der Waals surface area contributed by atoms with E-state index in [-0.39, 0.29) is 11.5 Å². The van der Waals surface area contributed by atoms with Gasteiger partial charge in [0, 0.05) is 0 Å². The number of carbonyl (C=O) groups excluding carboxylic acids is 1. The zero-order valence-electron chi connectivity index (χ0n) is 11.1. The number of hydrogen-bond donors (Lipinski definition) is 2. The van der Waals surface area contributed by atoms with Crippen LogP contribution in [0.15, 0.2) is 29.2 Å². The van der Waals surface area contributed by atoms with Crippen LogP contribution >= 0.6 is 0 Å². The molecule has 1 aromatic carbocycles. The van der Waals surface area contributed by atoms with Crippen LogP contribution in [0.3, 0.4) is 0 Å². The minimum absolute atomic E-state index is 0.0913. The predicted molar refractivity (Wildman–Crippen MR) is 72.4 cm³/mol. The maximum Gasteiger partial charge on any atom is 0.328 e. The van der Waals surface area contributed by atoms with Crippen molar-refractivity contribution in [3.8, 4) is 0 Å². The Balaban J connectivity index is 3.00. The standard InChI is InChI=1S/C12H18N2O4S/c1-4-18-12(15)9(2)14-10-7-5-6-8-11(10)19(16,17)13-3/h5-9,13-14H,4H2,1-3H3. The molecule has 1 aromatic rings. The molecule has 0 heterocycles. The van der Waals surface area contributed by atoms with Crippen molar-refractivity contribution in [1.29, 1.82) is 0 Å². The van der Waals surface area contributed by atoms with E-state index in [2.05, 4.69) is 10.0 Å². The van der Waals surface area contributed by atoms with E-state index < -0.39 is 22.0 Å². The molecular formula is C12H18N2O4S. The zero-order chi connectivity index (χ0) is 14.5. The highest BCUT2D eigenvalue weighted by molar-refractivity contribution is 7.89. The lowest BCUT2D eigenvalue weighted by Gasteiger charge is -2.16. The number of hydrogen-bond acceptors (Lipinski definition) is 5. The topological polar surface area (TPSA) is 84.5 Å². The molecule has 6 nitrogen and oxygen atoms in total. The maximum atomic E-state index is 11.8. The maximum absolute atomic E-state index is 11.8. The molecule has 0 fully saturated rings. The van der Waals surface area contributed by atoms with Gasteiger partial charge in [0.25, 0.3) is 0 Å². The molecule has 0 saturated carbocycles. The number of ether oxygens (including phenoxy) is 1. The van der Waals surface area contributed by atoms with Crippen LogP contribution in [-0.2, 0) is 19.6 Å². The van der Waals surface area contributed by atoms with Crippen LogP contribution in [0.5, 0.6) is 0 Å². The van der Waals surface area contributed by atoms with E-state index in [0.717, 1.165) is 0 Å². The van der Waals surface area contributed by atoms with Gasteiger partial charge in [-0.15, -0.1) is 0 Å². The summed E-state index contributed by atoms with van der Waals surface area (Å²) in [6.07, 6.45) is 0. The van der Waals surface area contributed by atoms with Crippen molar-refractivity contribution >= 4 is 21.7 Å². The van der Waals surface area contributed by atoms with Crippen LogP contribution in [0.4, 0.5) is 5.69 Å². The third-order valence-electron chi connectivity index (χ3n) is 2.46. The number of benzene rings is 1. The summed E-state index contributed by atoms with van der Waals surface area (Å²) in [6, 6.07) is 5.74. The molecule has 0 amide bonds. The molecule has 2 N–H and O–H groups in total. The van der Waals surface area contributed by atoms with Gasteiger partial charge in [0.1, 0.15) is 10.9 Å². The van der Waals surface area contributed by atoms with Crippen LogP contribution in [0.25, 0.3) is 0 Å². The van der Waals surface area contributed by atoms with Crippen LogP contribution in [0.1, 0.15) is 13.8 Å². The smallest absolute Gasteiger partial charge is 0.328 e. The lowest BCUT2D eigenvalue weighted by Crippen LogP contribution is -2.29.